The zero-order valence-corrected chi connectivity index (χ0v) is 24.0. The van der Waals surface area contributed by atoms with Crippen molar-refractivity contribution < 1.29 is 22.3 Å². The third-order valence-electron chi connectivity index (χ3n) is 8.03. The fraction of sp³-hybridized carbons (Fsp3) is 0.345. The van der Waals surface area contributed by atoms with E-state index >= 15 is 4.39 Å². The number of hydrogen-bond acceptors (Lipinski definition) is 9. The van der Waals surface area contributed by atoms with Crippen molar-refractivity contribution >= 4 is 33.4 Å². The summed E-state index contributed by atoms with van der Waals surface area (Å²) in [6, 6.07) is 3.95. The average Bonchev–Trinajstić information content (AvgIpc) is 3.60. The Morgan fingerprint density at radius 2 is 2.09 bits per heavy atom. The van der Waals surface area contributed by atoms with Crippen LogP contribution in [0.1, 0.15) is 42.5 Å². The van der Waals surface area contributed by atoms with Gasteiger partial charge in [0.25, 0.3) is 5.56 Å². The number of aromatic amines is 2. The lowest BCUT2D eigenvalue weighted by Gasteiger charge is -2.21. The number of ether oxygens (including phenoxy) is 1. The maximum Gasteiger partial charge on any atom is 0.417 e. The fourth-order valence-corrected chi connectivity index (χ4v) is 5.80. The second-order valence-electron chi connectivity index (χ2n) is 10.9. The standard InChI is InChI=1S/C29H29F4N9O2/c1-13-10-18-17(11-36-41-18)19(21(13)29(31,32)33)23-22(30)24-20(27(43)38-23)26(37-14(2)16-7-4-8-35-25(16)34)40-28(39-24)44-12-15-6-5-9-42(15)3/h4,7-8,10-11,14-15H,5-6,9,12H2,1-3H3,(H2,34,35)(H,36,41)(H,38,43)(H,37,39,40)/t14-,15-/m1/s1. The Kier molecular flexibility index (Phi) is 7.35. The Bertz CT molecular complexity index is 1940. The van der Waals surface area contributed by atoms with E-state index in [9.17, 15) is 18.0 Å². The maximum absolute atomic E-state index is 16.6. The summed E-state index contributed by atoms with van der Waals surface area (Å²) in [6.45, 7) is 4.07. The largest absolute Gasteiger partial charge is 0.462 e. The summed E-state index contributed by atoms with van der Waals surface area (Å²) in [4.78, 5) is 30.8. The smallest absolute Gasteiger partial charge is 0.417 e. The highest BCUT2D eigenvalue weighted by atomic mass is 19.4. The Balaban J connectivity index is 1.56. The third kappa shape index (κ3) is 5.16. The molecule has 0 radical (unpaired) electrons. The number of halogens is 4. The summed E-state index contributed by atoms with van der Waals surface area (Å²) in [6.07, 6.45) is -0.341. The predicted molar refractivity (Wildman–Crippen MR) is 157 cm³/mol. The van der Waals surface area contributed by atoms with Crippen LogP contribution in [0.2, 0.25) is 0 Å². The molecule has 0 saturated carbocycles. The van der Waals surface area contributed by atoms with Crippen LogP contribution in [0.4, 0.5) is 29.2 Å². The van der Waals surface area contributed by atoms with E-state index in [1.54, 1.807) is 19.1 Å². The highest BCUT2D eigenvalue weighted by molar-refractivity contribution is 5.99. The zero-order chi connectivity index (χ0) is 31.3. The number of fused-ring (bicyclic) bond motifs is 2. The Hall–Kier alpha value is -4.79. The number of aryl methyl sites for hydroxylation is 1. The molecule has 15 heteroatoms. The molecule has 1 aliphatic heterocycles. The van der Waals surface area contributed by atoms with E-state index in [4.69, 9.17) is 10.5 Å². The number of likely N-dealkylation sites (N-methyl/N-ethyl adjacent to an activating group) is 1. The Morgan fingerprint density at radius 3 is 2.80 bits per heavy atom. The van der Waals surface area contributed by atoms with Crippen molar-refractivity contribution in [1.82, 2.24) is 35.0 Å². The number of H-pyrrole nitrogens is 2. The van der Waals surface area contributed by atoms with Gasteiger partial charge in [0.15, 0.2) is 5.82 Å². The van der Waals surface area contributed by atoms with Crippen LogP contribution >= 0.6 is 0 Å². The Morgan fingerprint density at radius 1 is 1.30 bits per heavy atom. The first kappa shape index (κ1) is 29.3. The number of benzene rings is 1. The lowest BCUT2D eigenvalue weighted by atomic mass is 9.94. The average molecular weight is 612 g/mol. The minimum atomic E-state index is -4.87. The summed E-state index contributed by atoms with van der Waals surface area (Å²) >= 11 is 0. The molecule has 6 rings (SSSR count). The van der Waals surface area contributed by atoms with Gasteiger partial charge in [-0.3, -0.25) is 9.89 Å². The minimum Gasteiger partial charge on any atom is -0.462 e. The molecule has 1 aromatic carbocycles. The molecule has 4 aromatic heterocycles. The molecule has 0 unspecified atom stereocenters. The van der Waals surface area contributed by atoms with Crippen LogP contribution in [-0.2, 0) is 6.18 Å². The molecule has 0 bridgehead atoms. The number of nitrogens with two attached hydrogens (primary N) is 1. The summed E-state index contributed by atoms with van der Waals surface area (Å²) in [5, 5.41) is 9.23. The summed E-state index contributed by atoms with van der Waals surface area (Å²) in [5.74, 6) is -1.03. The second kappa shape index (κ2) is 11.0. The highest BCUT2D eigenvalue weighted by Gasteiger charge is 2.38. The minimum absolute atomic E-state index is 0.0225. The van der Waals surface area contributed by atoms with Crippen LogP contribution in [0.25, 0.3) is 33.1 Å². The number of nitrogens with one attached hydrogen (secondary N) is 3. The number of hydrogen-bond donors (Lipinski definition) is 4. The molecule has 5 N–H and O–H groups in total. The first-order valence-corrected chi connectivity index (χ1v) is 13.9. The second-order valence-corrected chi connectivity index (χ2v) is 10.9. The van der Waals surface area contributed by atoms with Gasteiger partial charge in [-0.25, -0.2) is 9.37 Å². The predicted octanol–water partition coefficient (Wildman–Crippen LogP) is 4.95. The van der Waals surface area contributed by atoms with Crippen LogP contribution in [0.15, 0.2) is 35.4 Å². The van der Waals surface area contributed by atoms with Crippen LogP contribution in [-0.4, -0.2) is 61.3 Å². The molecule has 5 heterocycles. The van der Waals surface area contributed by atoms with E-state index in [-0.39, 0.29) is 52.1 Å². The van der Waals surface area contributed by atoms with Gasteiger partial charge in [-0.05, 0) is 58.0 Å². The van der Waals surface area contributed by atoms with Gasteiger partial charge in [-0.15, -0.1) is 0 Å². The number of rotatable bonds is 7. The fourth-order valence-electron chi connectivity index (χ4n) is 5.80. The summed E-state index contributed by atoms with van der Waals surface area (Å²) in [7, 11) is 1.96. The van der Waals surface area contributed by atoms with E-state index in [2.05, 4.69) is 40.3 Å². The zero-order valence-electron chi connectivity index (χ0n) is 24.0. The number of anilines is 2. The molecule has 2 atom stereocenters. The van der Waals surface area contributed by atoms with Crippen molar-refractivity contribution in [3.05, 3.63) is 63.5 Å². The monoisotopic (exact) mass is 611 g/mol. The molecule has 1 aliphatic rings. The number of pyridine rings is 2. The quantitative estimate of drug-likeness (QED) is 0.187. The molecular formula is C29H29F4N9O2. The Labute approximate surface area is 247 Å². The first-order valence-electron chi connectivity index (χ1n) is 13.9. The summed E-state index contributed by atoms with van der Waals surface area (Å²) in [5.41, 5.74) is 2.94. The molecule has 5 aromatic rings. The van der Waals surface area contributed by atoms with Gasteiger partial charge >= 0.3 is 12.2 Å². The van der Waals surface area contributed by atoms with Crippen molar-refractivity contribution in [1.29, 1.82) is 0 Å². The van der Waals surface area contributed by atoms with Crippen molar-refractivity contribution in [2.24, 2.45) is 0 Å². The molecular weight excluding hydrogens is 582 g/mol. The van der Waals surface area contributed by atoms with Crippen molar-refractivity contribution in [2.75, 3.05) is 31.2 Å². The van der Waals surface area contributed by atoms with Crippen LogP contribution in [0.5, 0.6) is 6.01 Å². The molecule has 1 saturated heterocycles. The highest BCUT2D eigenvalue weighted by Crippen LogP contribution is 2.44. The molecule has 11 nitrogen and oxygen atoms in total. The maximum atomic E-state index is 16.6. The first-order chi connectivity index (χ1) is 20.9. The summed E-state index contributed by atoms with van der Waals surface area (Å²) < 4.78 is 65.7. The van der Waals surface area contributed by atoms with E-state index in [0.717, 1.165) is 25.6 Å². The van der Waals surface area contributed by atoms with Gasteiger partial charge in [0, 0.05) is 28.8 Å². The number of likely N-dealkylation sites (tertiary alicyclic amines) is 1. The molecule has 0 spiro atoms. The normalized spacial score (nSPS) is 16.6. The number of nitrogen functional groups attached to an aromatic ring is 1. The number of alkyl halides is 3. The van der Waals surface area contributed by atoms with E-state index < -0.39 is 45.9 Å². The number of nitrogens with zero attached hydrogens (tertiary/aromatic N) is 5. The molecule has 1 fully saturated rings. The van der Waals surface area contributed by atoms with Crippen molar-refractivity contribution in [2.45, 2.75) is 44.9 Å². The van der Waals surface area contributed by atoms with E-state index in [1.807, 2.05) is 7.05 Å². The van der Waals surface area contributed by atoms with Gasteiger partial charge in [-0.1, -0.05) is 6.07 Å². The number of aromatic nitrogens is 6. The van der Waals surface area contributed by atoms with Gasteiger partial charge in [0.1, 0.15) is 29.1 Å². The van der Waals surface area contributed by atoms with Crippen LogP contribution in [0, 0.1) is 12.7 Å². The van der Waals surface area contributed by atoms with Gasteiger partial charge < -0.3 is 25.7 Å². The third-order valence-corrected chi connectivity index (χ3v) is 8.03. The lowest BCUT2D eigenvalue weighted by molar-refractivity contribution is -0.137. The van der Waals surface area contributed by atoms with Crippen molar-refractivity contribution in [3.63, 3.8) is 0 Å². The van der Waals surface area contributed by atoms with Gasteiger partial charge in [-0.2, -0.15) is 28.2 Å². The lowest BCUT2D eigenvalue weighted by Crippen LogP contribution is -2.31. The molecule has 44 heavy (non-hydrogen) atoms. The molecule has 0 amide bonds. The van der Waals surface area contributed by atoms with Crippen LogP contribution < -0.4 is 21.3 Å². The van der Waals surface area contributed by atoms with E-state index in [0.29, 0.717) is 5.56 Å². The molecule has 0 aliphatic carbocycles. The van der Waals surface area contributed by atoms with Crippen LogP contribution in [0.3, 0.4) is 0 Å². The molecule has 230 valence electrons. The van der Waals surface area contributed by atoms with Gasteiger partial charge in [0.2, 0.25) is 0 Å². The van der Waals surface area contributed by atoms with E-state index in [1.165, 1.54) is 19.2 Å². The topological polar surface area (TPSA) is 151 Å². The van der Waals surface area contributed by atoms with Gasteiger partial charge in [0.05, 0.1) is 29.0 Å². The van der Waals surface area contributed by atoms with Crippen molar-refractivity contribution in [3.8, 4) is 17.3 Å². The SMILES string of the molecule is Cc1cc2[nH]ncc2c(-c2[nH]c(=O)c3c(N[C@H](C)c4cccnc4N)nc(OC[C@H]4CCCN4C)nc3c2F)c1C(F)(F)F.